The van der Waals surface area contributed by atoms with Crippen molar-refractivity contribution in [3.05, 3.63) is 146 Å². The molecule has 5 rings (SSSR count). The molecule has 324 valence electrons. The summed E-state index contributed by atoms with van der Waals surface area (Å²) in [7, 11) is 0. The Morgan fingerprint density at radius 3 is 0.900 bits per heavy atom. The van der Waals surface area contributed by atoms with Crippen molar-refractivity contribution in [1.82, 2.24) is 0 Å². The van der Waals surface area contributed by atoms with Crippen molar-refractivity contribution >= 4 is 33.7 Å². The Kier molecular flexibility index (Phi) is 14.7. The molecule has 60 heavy (non-hydrogen) atoms. The summed E-state index contributed by atoms with van der Waals surface area (Å²) in [4.78, 5) is 0. The molecule has 0 bridgehead atoms. The van der Waals surface area contributed by atoms with E-state index >= 15 is 35.1 Å². The van der Waals surface area contributed by atoms with Crippen molar-refractivity contribution in [3.8, 4) is 0 Å². The van der Waals surface area contributed by atoms with Gasteiger partial charge in [0, 0.05) is 5.56 Å². The highest BCUT2D eigenvalue weighted by atomic mass is 19.2. The summed E-state index contributed by atoms with van der Waals surface area (Å²) >= 11 is 0. The van der Waals surface area contributed by atoms with Gasteiger partial charge in [-0.1, -0.05) is 51.2 Å². The normalized spacial score (nSPS) is 11.6. The van der Waals surface area contributed by atoms with Crippen LogP contribution in [0.2, 0.25) is 0 Å². The third-order valence-corrected chi connectivity index (χ3v) is 9.82. The lowest BCUT2D eigenvalue weighted by atomic mass is 9.12. The van der Waals surface area contributed by atoms with E-state index in [1.807, 2.05) is 0 Å². The fourth-order valence-corrected chi connectivity index (χ4v) is 6.83. The molecule has 0 saturated heterocycles. The molecular formula is C39H27BF19N. The minimum Gasteiger partial charge on any atom is -0.325 e. The Morgan fingerprint density at radius 1 is 0.350 bits per heavy atom. The average Bonchev–Trinajstić information content (AvgIpc) is 3.22. The van der Waals surface area contributed by atoms with Crippen LogP contribution in [0.1, 0.15) is 56.6 Å². The molecule has 5 aromatic rings. The predicted molar refractivity (Wildman–Crippen MR) is 180 cm³/mol. The Morgan fingerprint density at radius 2 is 0.600 bits per heavy atom. The fraction of sp³-hybridized carbons (Fsp3) is 0.231. The van der Waals surface area contributed by atoms with E-state index in [1.165, 1.54) is 50.5 Å². The maximum Gasteiger partial charge on any atom is 0.200 e. The summed E-state index contributed by atoms with van der Waals surface area (Å²) in [6.45, 7) is 2.41. The third-order valence-electron chi connectivity index (χ3n) is 9.82. The smallest absolute Gasteiger partial charge is 0.200 e. The molecule has 3 N–H and O–H groups in total. The zero-order chi connectivity index (χ0) is 45.3. The molecule has 0 aromatic heterocycles. The molecule has 0 fully saturated rings. The van der Waals surface area contributed by atoms with Gasteiger partial charge in [0.2, 0.25) is 0 Å². The highest BCUT2D eigenvalue weighted by Gasteiger charge is 2.52. The van der Waals surface area contributed by atoms with Crippen LogP contribution in [0.3, 0.4) is 0 Å². The molecule has 0 atom stereocenters. The van der Waals surface area contributed by atoms with Gasteiger partial charge in [-0.05, 0) is 37.5 Å². The number of benzene rings is 5. The zero-order valence-corrected chi connectivity index (χ0v) is 30.7. The number of unbranched alkanes of at least 4 members (excludes halogenated alkanes) is 5. The van der Waals surface area contributed by atoms with Gasteiger partial charge < -0.3 is 5.73 Å². The van der Waals surface area contributed by atoms with Gasteiger partial charge >= 0.3 is 0 Å². The highest BCUT2D eigenvalue weighted by Crippen LogP contribution is 2.31. The molecule has 0 aliphatic heterocycles. The van der Waals surface area contributed by atoms with Crippen molar-refractivity contribution in [2.75, 3.05) is 0 Å². The number of aryl methyl sites for hydroxylation is 1. The molecule has 1 nitrogen and oxygen atoms in total. The second kappa shape index (κ2) is 18.6. The molecular weight excluding hydrogens is 854 g/mol. The minimum atomic E-state index is -7.05. The average molecular weight is 881 g/mol. The standard InChI is InChI=1S/C25H3BF19.C14H23N/c1-2-7(27)9(29)3(10(30)8(2)28)26(4-11(31)17(37)23(43)18(38)12(4)32,5-13(33)19(39)24(44)20(40)14(5)34)6-15(35)21(41)25(45)22(42)16(6)36;1-2-3-4-5-6-7-8-13-9-11-14(15)12-10-13/h1H3;9-12H,2-8,15H2,1H3/q-1;/p+1. The third kappa shape index (κ3) is 8.03. The zero-order valence-electron chi connectivity index (χ0n) is 30.7. The van der Waals surface area contributed by atoms with Gasteiger partial charge in [-0.3, -0.25) is 0 Å². The van der Waals surface area contributed by atoms with Gasteiger partial charge in [0.1, 0.15) is 58.4 Å². The van der Waals surface area contributed by atoms with Gasteiger partial charge in [0.25, 0.3) is 0 Å². The molecule has 5 aromatic carbocycles. The molecule has 0 radical (unpaired) electrons. The Balaban J connectivity index is 0.000000445. The van der Waals surface area contributed by atoms with Crippen LogP contribution < -0.4 is 27.6 Å². The maximum atomic E-state index is 15.6. The summed E-state index contributed by atoms with van der Waals surface area (Å²) in [5.74, 6) is -64.8. The first-order valence-corrected chi connectivity index (χ1v) is 17.5. The van der Waals surface area contributed by atoms with Crippen molar-refractivity contribution < 1.29 is 89.2 Å². The summed E-state index contributed by atoms with van der Waals surface area (Å²) in [6.07, 6.45) is 2.45. The van der Waals surface area contributed by atoms with E-state index in [0.717, 1.165) is 5.69 Å². The molecule has 0 aliphatic carbocycles. The molecule has 0 aliphatic rings. The number of hydrogen-bond donors (Lipinski definition) is 1. The van der Waals surface area contributed by atoms with Crippen LogP contribution in [-0.2, 0) is 6.42 Å². The van der Waals surface area contributed by atoms with Crippen LogP contribution >= 0.6 is 0 Å². The first-order chi connectivity index (χ1) is 28.0. The summed E-state index contributed by atoms with van der Waals surface area (Å²) < 4.78 is 282. The van der Waals surface area contributed by atoms with Crippen molar-refractivity contribution in [3.63, 3.8) is 0 Å². The van der Waals surface area contributed by atoms with Crippen LogP contribution in [0.25, 0.3) is 0 Å². The molecule has 0 heterocycles. The van der Waals surface area contributed by atoms with E-state index in [0.29, 0.717) is 0 Å². The van der Waals surface area contributed by atoms with Gasteiger partial charge in [0.05, 0.1) is 0 Å². The topological polar surface area (TPSA) is 27.6 Å². The van der Waals surface area contributed by atoms with E-state index in [2.05, 4.69) is 36.9 Å². The molecule has 0 spiro atoms. The lowest BCUT2D eigenvalue weighted by Crippen LogP contribution is -2.81. The lowest BCUT2D eigenvalue weighted by molar-refractivity contribution is -0.254. The Labute approximate surface area is 327 Å². The molecule has 0 amide bonds. The van der Waals surface area contributed by atoms with Gasteiger partial charge in [0.15, 0.2) is 64.0 Å². The maximum absolute atomic E-state index is 15.6. The first kappa shape index (κ1) is 47.5. The SMILES string of the molecule is CCCCCCCCc1ccc([NH3+])cc1.Cc1c(F)c(F)c([B-](c2c(F)c(F)c(F)c(F)c2F)(c2c(F)c(F)c(F)c(F)c2F)c2c(F)c(F)c(F)c(F)c2F)c(F)c1F. The van der Waals surface area contributed by atoms with Gasteiger partial charge in [-0.2, -0.15) is 0 Å². The fourth-order valence-electron chi connectivity index (χ4n) is 6.83. The quantitative estimate of drug-likeness (QED) is 0.0451. The van der Waals surface area contributed by atoms with Crippen molar-refractivity contribution in [2.45, 2.75) is 58.8 Å². The summed E-state index contributed by atoms with van der Waals surface area (Å²) in [5, 5.41) is 0. The number of rotatable bonds is 11. The van der Waals surface area contributed by atoms with Crippen LogP contribution in [0.5, 0.6) is 0 Å². The predicted octanol–water partition coefficient (Wildman–Crippen LogP) is 9.48. The van der Waals surface area contributed by atoms with Crippen molar-refractivity contribution in [2.24, 2.45) is 0 Å². The van der Waals surface area contributed by atoms with E-state index in [1.54, 1.807) is 0 Å². The van der Waals surface area contributed by atoms with E-state index in [4.69, 9.17) is 0 Å². The Bertz CT molecular complexity index is 2050. The van der Waals surface area contributed by atoms with E-state index in [9.17, 15) is 48.3 Å². The van der Waals surface area contributed by atoms with Crippen LogP contribution in [0.4, 0.5) is 89.1 Å². The first-order valence-electron chi connectivity index (χ1n) is 17.5. The number of halogens is 19. The second-order valence-corrected chi connectivity index (χ2v) is 13.4. The number of hydrogen-bond acceptors (Lipinski definition) is 0. The Hall–Kier alpha value is -5.21. The second-order valence-electron chi connectivity index (χ2n) is 13.4. The van der Waals surface area contributed by atoms with E-state index in [-0.39, 0.29) is 6.92 Å². The monoisotopic (exact) mass is 881 g/mol. The highest BCUT2D eigenvalue weighted by molar-refractivity contribution is 7.20. The van der Waals surface area contributed by atoms with Crippen molar-refractivity contribution in [1.29, 1.82) is 0 Å². The van der Waals surface area contributed by atoms with Gasteiger partial charge in [-0.15, -0.1) is 21.9 Å². The van der Waals surface area contributed by atoms with Crippen LogP contribution in [0, 0.1) is 117 Å². The summed E-state index contributed by atoms with van der Waals surface area (Å²) in [5.41, 5.74) is -9.10. The number of quaternary nitrogens is 1. The van der Waals surface area contributed by atoms with Crippen LogP contribution in [-0.4, -0.2) is 6.15 Å². The minimum absolute atomic E-state index is 0.143. The van der Waals surface area contributed by atoms with E-state index < -0.39 is 144 Å². The largest absolute Gasteiger partial charge is 0.325 e. The van der Waals surface area contributed by atoms with Gasteiger partial charge in [-0.25, -0.2) is 83.4 Å². The lowest BCUT2D eigenvalue weighted by Gasteiger charge is -2.45. The summed E-state index contributed by atoms with van der Waals surface area (Å²) in [6, 6.07) is 8.61. The molecule has 21 heteroatoms. The molecule has 0 saturated carbocycles. The van der Waals surface area contributed by atoms with Crippen LogP contribution in [0.15, 0.2) is 24.3 Å². The molecule has 0 unspecified atom stereocenters.